The summed E-state index contributed by atoms with van der Waals surface area (Å²) >= 11 is 0. The van der Waals surface area contributed by atoms with Crippen molar-refractivity contribution in [3.05, 3.63) is 24.3 Å². The molecule has 0 aromatic rings. The van der Waals surface area contributed by atoms with E-state index in [0.29, 0.717) is 11.0 Å². The van der Waals surface area contributed by atoms with Gasteiger partial charge in [0.05, 0.1) is 40.3 Å². The molecule has 2 atom stereocenters. The Bertz CT molecular complexity index is 1310. The SMILES string of the molecule is CCCC/C=C\CCCCCCCC(=O)OCC(COC(OCC[N+](C)(C)C)C(=O)[O-])OC(=O)CCCCCCCCCCCCCCCCCCCCCCCCCCCCCCC/C=C\CCCCCCCCCC. The number of esters is 2. The van der Waals surface area contributed by atoms with Crippen LogP contribution in [0.15, 0.2) is 24.3 Å². The number of carboxylic acids is 1. The number of carboxylic acid groups (broad SMARTS) is 1. The molecule has 0 saturated carbocycles. The lowest BCUT2D eigenvalue weighted by molar-refractivity contribution is -0.870. The predicted octanol–water partition coefficient (Wildman–Crippen LogP) is 18.9. The van der Waals surface area contributed by atoms with Crippen molar-refractivity contribution in [1.82, 2.24) is 0 Å². The Balaban J connectivity index is 3.83. The molecule has 0 aliphatic rings. The van der Waals surface area contributed by atoms with Crippen molar-refractivity contribution < 1.29 is 42.9 Å². The summed E-state index contributed by atoms with van der Waals surface area (Å²) in [6, 6.07) is 0. The molecule has 0 aromatic carbocycles. The fourth-order valence-electron chi connectivity index (χ4n) is 9.99. The fourth-order valence-corrected chi connectivity index (χ4v) is 9.99. The summed E-state index contributed by atoms with van der Waals surface area (Å²) in [7, 11) is 5.93. The number of quaternary nitrogens is 1. The van der Waals surface area contributed by atoms with Crippen LogP contribution in [0.4, 0.5) is 0 Å². The molecule has 0 N–H and O–H groups in total. The number of hydrogen-bond donors (Lipinski definition) is 0. The quantitative estimate of drug-likeness (QED) is 0.0195. The van der Waals surface area contributed by atoms with Gasteiger partial charge in [0.15, 0.2) is 12.4 Å². The molecule has 9 heteroatoms. The average molecular weight is 1090 g/mol. The minimum absolute atomic E-state index is 0.149. The molecule has 0 rings (SSSR count). The van der Waals surface area contributed by atoms with Crippen molar-refractivity contribution >= 4 is 17.9 Å². The van der Waals surface area contributed by atoms with Crippen LogP contribution in [0.25, 0.3) is 0 Å². The first kappa shape index (κ1) is 74.8. The second kappa shape index (κ2) is 59.9. The van der Waals surface area contributed by atoms with Crippen LogP contribution in [0, 0.1) is 0 Å². The predicted molar refractivity (Wildman–Crippen MR) is 325 cm³/mol. The third kappa shape index (κ3) is 61.2. The van der Waals surface area contributed by atoms with Crippen LogP contribution in [-0.2, 0) is 33.3 Å². The molecule has 454 valence electrons. The lowest BCUT2D eigenvalue weighted by atomic mass is 10.0. The molecule has 0 aromatic heterocycles. The Morgan fingerprint density at radius 1 is 0.377 bits per heavy atom. The van der Waals surface area contributed by atoms with Gasteiger partial charge in [0.25, 0.3) is 0 Å². The highest BCUT2D eigenvalue weighted by Crippen LogP contribution is 2.18. The molecule has 0 bridgehead atoms. The molecule has 0 radical (unpaired) electrons. The highest BCUT2D eigenvalue weighted by Gasteiger charge is 2.22. The zero-order valence-electron chi connectivity index (χ0n) is 51.9. The Labute approximate surface area is 478 Å². The lowest BCUT2D eigenvalue weighted by Gasteiger charge is -2.26. The van der Waals surface area contributed by atoms with E-state index in [1.807, 2.05) is 21.1 Å². The molecule has 0 aliphatic carbocycles. The maximum absolute atomic E-state index is 12.9. The van der Waals surface area contributed by atoms with Crippen LogP contribution in [0.2, 0.25) is 0 Å². The second-order valence-corrected chi connectivity index (χ2v) is 24.1. The van der Waals surface area contributed by atoms with E-state index in [-0.39, 0.29) is 38.6 Å². The van der Waals surface area contributed by atoms with E-state index in [1.54, 1.807) is 0 Å². The molecule has 0 spiro atoms. The van der Waals surface area contributed by atoms with E-state index in [9.17, 15) is 19.5 Å². The van der Waals surface area contributed by atoms with Crippen molar-refractivity contribution in [2.45, 2.75) is 347 Å². The number of allylic oxidation sites excluding steroid dienone is 4. The van der Waals surface area contributed by atoms with E-state index < -0.39 is 24.3 Å². The van der Waals surface area contributed by atoms with E-state index in [1.165, 1.54) is 244 Å². The summed E-state index contributed by atoms with van der Waals surface area (Å²) < 4.78 is 22.7. The number of likely N-dealkylation sites (N-methyl/N-ethyl adjacent to an activating group) is 1. The van der Waals surface area contributed by atoms with Gasteiger partial charge in [-0.05, 0) is 57.8 Å². The molecule has 77 heavy (non-hydrogen) atoms. The van der Waals surface area contributed by atoms with Gasteiger partial charge in [-0.2, -0.15) is 0 Å². The van der Waals surface area contributed by atoms with Gasteiger partial charge < -0.3 is 33.3 Å². The Kier molecular flexibility index (Phi) is 58.1. The number of carbonyl (C=O) groups excluding carboxylic acids is 3. The van der Waals surface area contributed by atoms with Crippen LogP contribution in [0.3, 0.4) is 0 Å². The number of carbonyl (C=O) groups is 3. The van der Waals surface area contributed by atoms with Crippen molar-refractivity contribution in [2.75, 3.05) is 47.5 Å². The lowest BCUT2D eigenvalue weighted by Crippen LogP contribution is -2.44. The summed E-state index contributed by atoms with van der Waals surface area (Å²) in [5.74, 6) is -2.28. The van der Waals surface area contributed by atoms with E-state index in [2.05, 4.69) is 38.2 Å². The van der Waals surface area contributed by atoms with E-state index in [4.69, 9.17) is 18.9 Å². The first-order valence-electron chi connectivity index (χ1n) is 33.5. The molecular formula is C68H129NO8. The second-order valence-electron chi connectivity index (χ2n) is 24.1. The molecule has 0 fully saturated rings. The van der Waals surface area contributed by atoms with Gasteiger partial charge >= 0.3 is 11.9 Å². The number of ether oxygens (including phenoxy) is 4. The molecule has 0 aliphatic heterocycles. The van der Waals surface area contributed by atoms with Crippen molar-refractivity contribution in [3.8, 4) is 0 Å². The van der Waals surface area contributed by atoms with E-state index in [0.717, 1.165) is 64.2 Å². The molecule has 9 nitrogen and oxygen atoms in total. The van der Waals surface area contributed by atoms with Crippen molar-refractivity contribution in [3.63, 3.8) is 0 Å². The summed E-state index contributed by atoms with van der Waals surface area (Å²) in [6.45, 7) is 4.74. The number of unbranched alkanes of at least 4 members (excludes halogenated alkanes) is 44. The maximum Gasteiger partial charge on any atom is 0.306 e. The van der Waals surface area contributed by atoms with Crippen molar-refractivity contribution in [2.24, 2.45) is 0 Å². The number of hydrogen-bond acceptors (Lipinski definition) is 8. The van der Waals surface area contributed by atoms with Gasteiger partial charge in [0, 0.05) is 12.8 Å². The Morgan fingerprint density at radius 3 is 1.00 bits per heavy atom. The first-order valence-corrected chi connectivity index (χ1v) is 33.5. The summed E-state index contributed by atoms with van der Waals surface area (Å²) in [4.78, 5) is 37.2. The molecule has 2 unspecified atom stereocenters. The van der Waals surface area contributed by atoms with Gasteiger partial charge in [-0.3, -0.25) is 9.59 Å². The highest BCUT2D eigenvalue weighted by atomic mass is 16.7. The average Bonchev–Trinajstić information content (AvgIpc) is 3.40. The minimum atomic E-state index is -1.62. The van der Waals surface area contributed by atoms with Gasteiger partial charge in [0.1, 0.15) is 13.2 Å². The first-order chi connectivity index (χ1) is 37.6. The molecule has 0 saturated heterocycles. The minimum Gasteiger partial charge on any atom is -0.545 e. The van der Waals surface area contributed by atoms with Gasteiger partial charge in [-0.1, -0.05) is 289 Å². The zero-order chi connectivity index (χ0) is 56.2. The van der Waals surface area contributed by atoms with Gasteiger partial charge in [-0.15, -0.1) is 0 Å². The number of nitrogens with zero attached hydrogens (tertiary/aromatic N) is 1. The van der Waals surface area contributed by atoms with Crippen LogP contribution >= 0.6 is 0 Å². The zero-order valence-corrected chi connectivity index (χ0v) is 51.9. The van der Waals surface area contributed by atoms with Gasteiger partial charge in [-0.25, -0.2) is 0 Å². The Hall–Kier alpha value is -2.23. The third-order valence-corrected chi connectivity index (χ3v) is 15.2. The fraction of sp³-hybridized carbons (Fsp3) is 0.897. The summed E-state index contributed by atoms with van der Waals surface area (Å²) in [6.07, 6.45) is 70.2. The topological polar surface area (TPSA) is 111 Å². The standard InChI is InChI=1S/C68H129NO8/c1-6-8-10-12-14-16-18-19-20-21-22-23-24-25-26-27-28-29-30-31-32-33-34-35-36-37-38-39-40-41-42-43-44-45-46-47-49-51-53-55-57-59-66(71)77-64(63-76-68(67(72)73)74-61-60-69(3,4)5)62-75-65(70)58-56-54-52-50-48-17-15-13-11-9-7-2/h13,15,21-22,64,68H,6-12,14,16-20,23-63H2,1-5H3/b15-13-,22-21-. The maximum atomic E-state index is 12.9. The summed E-state index contributed by atoms with van der Waals surface area (Å²) in [5.41, 5.74) is 0. The smallest absolute Gasteiger partial charge is 0.306 e. The Morgan fingerprint density at radius 2 is 0.675 bits per heavy atom. The summed E-state index contributed by atoms with van der Waals surface area (Å²) in [5, 5.41) is 11.8. The largest absolute Gasteiger partial charge is 0.545 e. The highest BCUT2D eigenvalue weighted by molar-refractivity contribution is 5.70. The number of aliphatic carboxylic acids is 1. The van der Waals surface area contributed by atoms with E-state index >= 15 is 0 Å². The van der Waals surface area contributed by atoms with Crippen LogP contribution < -0.4 is 5.11 Å². The normalized spacial score (nSPS) is 12.8. The molecule has 0 heterocycles. The van der Waals surface area contributed by atoms with Crippen LogP contribution in [0.1, 0.15) is 335 Å². The number of rotatable bonds is 63. The molecule has 0 amide bonds. The van der Waals surface area contributed by atoms with Gasteiger partial charge in [0.2, 0.25) is 0 Å². The third-order valence-electron chi connectivity index (χ3n) is 15.2. The van der Waals surface area contributed by atoms with Crippen LogP contribution in [-0.4, -0.2) is 82.3 Å². The van der Waals surface area contributed by atoms with Crippen LogP contribution in [0.5, 0.6) is 0 Å². The monoisotopic (exact) mass is 1090 g/mol. The molecular weight excluding hydrogens is 959 g/mol. The van der Waals surface area contributed by atoms with Crippen molar-refractivity contribution in [1.29, 1.82) is 0 Å².